The molecule has 0 aromatic heterocycles. The molecule has 0 aromatic carbocycles. The second-order valence-corrected chi connectivity index (χ2v) is 2.19. The van der Waals surface area contributed by atoms with Gasteiger partial charge in [-0.25, -0.2) is 0 Å². The van der Waals surface area contributed by atoms with Crippen LogP contribution in [0.4, 0.5) is 13.2 Å². The summed E-state index contributed by atoms with van der Waals surface area (Å²) in [5, 5.41) is 0. The predicted octanol–water partition coefficient (Wildman–Crippen LogP) is 1.23. The molecule has 5 heteroatoms. The van der Waals surface area contributed by atoms with Crippen LogP contribution in [-0.2, 0) is 4.43 Å². The SMILES string of the molecule is CO[Si]CC(F)(F)F. The summed E-state index contributed by atoms with van der Waals surface area (Å²) in [6.07, 6.45) is -4.06. The molecule has 0 aromatic rings. The molecule has 0 saturated carbocycles. The lowest BCUT2D eigenvalue weighted by molar-refractivity contribution is -0.111. The van der Waals surface area contributed by atoms with Crippen molar-refractivity contribution in [3.8, 4) is 0 Å². The zero-order valence-corrected chi connectivity index (χ0v) is 5.25. The van der Waals surface area contributed by atoms with E-state index >= 15 is 0 Å². The molecule has 8 heavy (non-hydrogen) atoms. The lowest BCUT2D eigenvalue weighted by Gasteiger charge is -2.00. The molecular weight excluding hydrogens is 137 g/mol. The fourth-order valence-electron chi connectivity index (χ4n) is 0.154. The Morgan fingerprint density at radius 3 is 2.12 bits per heavy atom. The van der Waals surface area contributed by atoms with E-state index in [0.717, 1.165) is 0 Å². The highest BCUT2D eigenvalue weighted by atomic mass is 28.2. The summed E-state index contributed by atoms with van der Waals surface area (Å²) in [5.41, 5.74) is 0. The first-order chi connectivity index (χ1) is 3.56. The summed E-state index contributed by atoms with van der Waals surface area (Å²) < 4.78 is 37.7. The van der Waals surface area contributed by atoms with E-state index in [1.165, 1.54) is 7.11 Å². The van der Waals surface area contributed by atoms with Crippen LogP contribution in [-0.4, -0.2) is 23.0 Å². The van der Waals surface area contributed by atoms with Crippen LogP contribution in [0, 0.1) is 0 Å². The van der Waals surface area contributed by atoms with E-state index in [0.29, 0.717) is 0 Å². The smallest absolute Gasteiger partial charge is 0.388 e. The van der Waals surface area contributed by atoms with Crippen molar-refractivity contribution >= 4 is 9.76 Å². The maximum Gasteiger partial charge on any atom is 0.388 e. The number of rotatable bonds is 2. The molecule has 0 unspecified atom stereocenters. The third kappa shape index (κ3) is 5.97. The van der Waals surface area contributed by atoms with Crippen LogP contribution in [0.5, 0.6) is 0 Å². The Labute approximate surface area is 47.8 Å². The van der Waals surface area contributed by atoms with Gasteiger partial charge in [-0.3, -0.25) is 0 Å². The molecule has 0 N–H and O–H groups in total. The Bertz CT molecular complexity index is 62.0. The van der Waals surface area contributed by atoms with Gasteiger partial charge in [0.2, 0.25) is 9.76 Å². The van der Waals surface area contributed by atoms with Crippen LogP contribution >= 0.6 is 0 Å². The fourth-order valence-corrected chi connectivity index (χ4v) is 0.462. The Hall–Kier alpha value is -0.0331. The molecule has 0 fully saturated rings. The average molecular weight is 142 g/mol. The van der Waals surface area contributed by atoms with Gasteiger partial charge >= 0.3 is 6.18 Å². The van der Waals surface area contributed by atoms with Gasteiger partial charge < -0.3 is 4.43 Å². The van der Waals surface area contributed by atoms with Crippen molar-refractivity contribution in [3.05, 3.63) is 0 Å². The first-order valence-corrected chi connectivity index (χ1v) is 3.00. The monoisotopic (exact) mass is 142 g/mol. The molecule has 0 aliphatic carbocycles. The van der Waals surface area contributed by atoms with Crippen LogP contribution in [0.1, 0.15) is 0 Å². The van der Waals surface area contributed by atoms with Crippen LogP contribution in [0.15, 0.2) is 0 Å². The molecule has 0 bridgehead atoms. The summed E-state index contributed by atoms with van der Waals surface area (Å²) in [5.74, 6) is 0. The number of alkyl halides is 3. The molecule has 2 radical (unpaired) electrons. The van der Waals surface area contributed by atoms with Crippen molar-refractivity contribution in [2.24, 2.45) is 0 Å². The lowest BCUT2D eigenvalue weighted by atomic mass is 10.8. The first-order valence-electron chi connectivity index (χ1n) is 1.89. The number of hydrogen-bond acceptors (Lipinski definition) is 1. The Balaban J connectivity index is 3.11. The van der Waals surface area contributed by atoms with Gasteiger partial charge in [0.1, 0.15) is 0 Å². The lowest BCUT2D eigenvalue weighted by Crippen LogP contribution is -2.11. The van der Waals surface area contributed by atoms with E-state index < -0.39 is 22.0 Å². The van der Waals surface area contributed by atoms with E-state index in [1.807, 2.05) is 0 Å². The van der Waals surface area contributed by atoms with Crippen LogP contribution in [0.2, 0.25) is 6.04 Å². The van der Waals surface area contributed by atoms with Gasteiger partial charge in [0.15, 0.2) is 0 Å². The summed E-state index contributed by atoms with van der Waals surface area (Å²) in [6, 6.07) is -0.830. The van der Waals surface area contributed by atoms with Gasteiger partial charge in [0.25, 0.3) is 0 Å². The third-order valence-corrected chi connectivity index (χ3v) is 1.25. The Morgan fingerprint density at radius 1 is 1.50 bits per heavy atom. The van der Waals surface area contributed by atoms with Crippen molar-refractivity contribution in [3.63, 3.8) is 0 Å². The quantitative estimate of drug-likeness (QED) is 0.527. The standard InChI is InChI=1S/C3H5F3OSi/c1-7-8-2-3(4,5)6/h2H2,1H3. The zero-order chi connectivity index (χ0) is 6.62. The summed E-state index contributed by atoms with van der Waals surface area (Å²) in [4.78, 5) is 0. The van der Waals surface area contributed by atoms with E-state index in [2.05, 4.69) is 4.43 Å². The second kappa shape index (κ2) is 3.08. The van der Waals surface area contributed by atoms with Crippen molar-refractivity contribution < 1.29 is 17.6 Å². The van der Waals surface area contributed by atoms with Crippen molar-refractivity contribution in [1.29, 1.82) is 0 Å². The highest BCUT2D eigenvalue weighted by Crippen LogP contribution is 2.18. The molecule has 0 heterocycles. The molecule has 0 spiro atoms. The largest absolute Gasteiger partial charge is 0.420 e. The maximum absolute atomic E-state index is 11.2. The van der Waals surface area contributed by atoms with Gasteiger partial charge in [0, 0.05) is 7.11 Å². The topological polar surface area (TPSA) is 9.23 Å². The van der Waals surface area contributed by atoms with E-state index in [1.54, 1.807) is 0 Å². The van der Waals surface area contributed by atoms with E-state index in [9.17, 15) is 13.2 Å². The van der Waals surface area contributed by atoms with Crippen molar-refractivity contribution in [1.82, 2.24) is 0 Å². The molecule has 1 nitrogen and oxygen atoms in total. The number of halogens is 3. The average Bonchev–Trinajstić information content (AvgIpc) is 1.59. The van der Waals surface area contributed by atoms with Gasteiger partial charge in [0.05, 0.1) is 6.04 Å². The highest BCUT2D eigenvalue weighted by Gasteiger charge is 2.26. The van der Waals surface area contributed by atoms with Gasteiger partial charge in [-0.15, -0.1) is 0 Å². The third-order valence-electron chi connectivity index (χ3n) is 0.417. The number of hydrogen-bond donors (Lipinski definition) is 0. The molecule has 0 aliphatic rings. The molecule has 0 amide bonds. The Kier molecular flexibility index (Phi) is 3.07. The normalized spacial score (nSPS) is 12.0. The van der Waals surface area contributed by atoms with E-state index in [-0.39, 0.29) is 0 Å². The summed E-state index contributed by atoms with van der Waals surface area (Å²) >= 11 is 0. The molecule has 48 valence electrons. The van der Waals surface area contributed by atoms with Crippen LogP contribution in [0.25, 0.3) is 0 Å². The van der Waals surface area contributed by atoms with Gasteiger partial charge in [-0.05, 0) is 0 Å². The van der Waals surface area contributed by atoms with Gasteiger partial charge in [-0.1, -0.05) is 0 Å². The molecule has 0 rings (SSSR count). The minimum absolute atomic E-state index is 0.459. The van der Waals surface area contributed by atoms with Crippen molar-refractivity contribution in [2.45, 2.75) is 12.2 Å². The first kappa shape index (κ1) is 7.97. The fraction of sp³-hybridized carbons (Fsp3) is 1.00. The minimum Gasteiger partial charge on any atom is -0.420 e. The molecule has 0 aliphatic heterocycles. The highest BCUT2D eigenvalue weighted by molar-refractivity contribution is 6.27. The molecule has 0 saturated heterocycles. The van der Waals surface area contributed by atoms with Gasteiger partial charge in [-0.2, -0.15) is 13.2 Å². The zero-order valence-electron chi connectivity index (χ0n) is 4.25. The molecule has 0 atom stereocenters. The predicted molar refractivity (Wildman–Crippen MR) is 23.6 cm³/mol. The van der Waals surface area contributed by atoms with Crippen LogP contribution < -0.4 is 0 Å². The molecular formula is C3H5F3OSi. The minimum atomic E-state index is -4.06. The second-order valence-electron chi connectivity index (χ2n) is 1.14. The van der Waals surface area contributed by atoms with E-state index in [4.69, 9.17) is 0 Å². The summed E-state index contributed by atoms with van der Waals surface area (Å²) in [6.45, 7) is 0. The van der Waals surface area contributed by atoms with Crippen LogP contribution in [0.3, 0.4) is 0 Å². The maximum atomic E-state index is 11.2. The summed E-state index contributed by atoms with van der Waals surface area (Å²) in [7, 11) is 0.795. The van der Waals surface area contributed by atoms with Crippen molar-refractivity contribution in [2.75, 3.05) is 7.11 Å². The Morgan fingerprint density at radius 2 is 2.00 bits per heavy atom.